The van der Waals surface area contributed by atoms with Crippen LogP contribution in [0.4, 0.5) is 0 Å². The number of ether oxygens (including phenoxy) is 1. The van der Waals surface area contributed by atoms with Crippen molar-refractivity contribution in [1.82, 2.24) is 0 Å². The topological polar surface area (TPSA) is 9.23 Å². The first kappa shape index (κ1) is 10.2. The first-order valence-corrected chi connectivity index (χ1v) is 6.71. The van der Waals surface area contributed by atoms with Gasteiger partial charge in [0, 0.05) is 11.5 Å². The van der Waals surface area contributed by atoms with E-state index in [1.54, 1.807) is 0 Å². The minimum absolute atomic E-state index is 0.260. The van der Waals surface area contributed by atoms with Gasteiger partial charge in [0.15, 0.2) is 0 Å². The summed E-state index contributed by atoms with van der Waals surface area (Å²) in [6, 6.07) is 10.0. The van der Waals surface area contributed by atoms with Crippen LogP contribution in [0.5, 0.6) is 5.75 Å². The molecule has 0 unspecified atom stereocenters. The molecule has 3 heteroatoms. The van der Waals surface area contributed by atoms with Gasteiger partial charge in [-0.15, -0.1) is 23.5 Å². The minimum atomic E-state index is 0.260. The van der Waals surface area contributed by atoms with Gasteiger partial charge in [0.25, 0.3) is 0 Å². The molecule has 14 heavy (non-hydrogen) atoms. The molecule has 1 saturated heterocycles. The Balaban J connectivity index is 1.88. The normalized spacial score (nSPS) is 19.5. The lowest BCUT2D eigenvalue weighted by Gasteiger charge is -2.21. The number of hydrogen-bond donors (Lipinski definition) is 0. The summed E-state index contributed by atoms with van der Waals surface area (Å²) < 4.78 is 6.01. The fourth-order valence-electron chi connectivity index (χ4n) is 1.37. The summed E-state index contributed by atoms with van der Waals surface area (Å²) in [7, 11) is 0. The lowest BCUT2D eigenvalue weighted by atomic mass is 10.3. The lowest BCUT2D eigenvalue weighted by molar-refractivity contribution is 0.313. The SMILES string of the molecule is CC1(COc2ccccc2)SCCS1. The van der Waals surface area contributed by atoms with Crippen LogP contribution < -0.4 is 4.74 Å². The predicted octanol–water partition coefficient (Wildman–Crippen LogP) is 3.26. The second-order valence-corrected chi connectivity index (χ2v) is 6.89. The van der Waals surface area contributed by atoms with Crippen LogP contribution in [-0.2, 0) is 0 Å². The minimum Gasteiger partial charge on any atom is -0.491 e. The first-order valence-electron chi connectivity index (χ1n) is 4.74. The van der Waals surface area contributed by atoms with Gasteiger partial charge in [0.1, 0.15) is 12.4 Å². The van der Waals surface area contributed by atoms with Gasteiger partial charge < -0.3 is 4.74 Å². The molecule has 0 spiro atoms. The Hall–Kier alpha value is -0.280. The zero-order valence-electron chi connectivity index (χ0n) is 8.23. The Morgan fingerprint density at radius 1 is 1.21 bits per heavy atom. The summed E-state index contributed by atoms with van der Waals surface area (Å²) in [5, 5.41) is 0. The Morgan fingerprint density at radius 3 is 2.50 bits per heavy atom. The highest BCUT2D eigenvalue weighted by Crippen LogP contribution is 2.43. The first-order chi connectivity index (χ1) is 6.79. The molecule has 0 atom stereocenters. The molecule has 1 fully saturated rings. The molecule has 1 aromatic rings. The fraction of sp³-hybridized carbons (Fsp3) is 0.455. The van der Waals surface area contributed by atoms with Gasteiger partial charge in [0.05, 0.1) is 4.08 Å². The van der Waals surface area contributed by atoms with Crippen LogP contribution in [0.15, 0.2) is 30.3 Å². The highest BCUT2D eigenvalue weighted by molar-refractivity contribution is 8.21. The van der Waals surface area contributed by atoms with E-state index in [0.717, 1.165) is 12.4 Å². The molecule has 0 amide bonds. The Labute approximate surface area is 93.6 Å². The third-order valence-corrected chi connectivity index (χ3v) is 5.38. The third-order valence-electron chi connectivity index (χ3n) is 2.14. The summed E-state index contributed by atoms with van der Waals surface area (Å²) >= 11 is 4.00. The van der Waals surface area contributed by atoms with Crippen molar-refractivity contribution in [2.45, 2.75) is 11.0 Å². The maximum absolute atomic E-state index is 5.75. The average molecular weight is 226 g/mol. The van der Waals surface area contributed by atoms with E-state index < -0.39 is 0 Å². The zero-order valence-corrected chi connectivity index (χ0v) is 9.87. The van der Waals surface area contributed by atoms with Crippen molar-refractivity contribution in [3.05, 3.63) is 30.3 Å². The molecule has 1 aromatic carbocycles. The van der Waals surface area contributed by atoms with Gasteiger partial charge in [-0.1, -0.05) is 18.2 Å². The van der Waals surface area contributed by atoms with Crippen LogP contribution in [0.25, 0.3) is 0 Å². The smallest absolute Gasteiger partial charge is 0.119 e. The molecule has 2 rings (SSSR count). The van der Waals surface area contributed by atoms with Gasteiger partial charge in [-0.05, 0) is 19.1 Å². The van der Waals surface area contributed by atoms with Crippen molar-refractivity contribution in [2.24, 2.45) is 0 Å². The van der Waals surface area contributed by atoms with E-state index in [4.69, 9.17) is 4.74 Å². The van der Waals surface area contributed by atoms with Crippen molar-refractivity contribution in [1.29, 1.82) is 0 Å². The zero-order chi connectivity index (χ0) is 9.86. The van der Waals surface area contributed by atoms with Gasteiger partial charge in [-0.25, -0.2) is 0 Å². The standard InChI is InChI=1S/C11H14OS2/c1-11(13-7-8-14-11)9-12-10-5-3-2-4-6-10/h2-6H,7-9H2,1H3. The second kappa shape index (κ2) is 4.49. The Morgan fingerprint density at radius 2 is 1.86 bits per heavy atom. The molecular weight excluding hydrogens is 212 g/mol. The van der Waals surface area contributed by atoms with Crippen LogP contribution in [0, 0.1) is 0 Å². The quantitative estimate of drug-likeness (QED) is 0.783. The summed E-state index contributed by atoms with van der Waals surface area (Å²) in [6.45, 7) is 3.06. The third kappa shape index (κ3) is 2.61. The average Bonchev–Trinajstić information content (AvgIpc) is 2.65. The van der Waals surface area contributed by atoms with E-state index in [-0.39, 0.29) is 4.08 Å². The molecule has 0 radical (unpaired) electrons. The summed E-state index contributed by atoms with van der Waals surface area (Å²) in [5.41, 5.74) is 0. The molecule has 1 aliphatic heterocycles. The summed E-state index contributed by atoms with van der Waals surface area (Å²) in [4.78, 5) is 0. The summed E-state index contributed by atoms with van der Waals surface area (Å²) in [6.07, 6.45) is 0. The molecule has 0 N–H and O–H groups in total. The van der Waals surface area contributed by atoms with Crippen LogP contribution in [0.3, 0.4) is 0 Å². The molecule has 76 valence electrons. The van der Waals surface area contributed by atoms with Crippen LogP contribution >= 0.6 is 23.5 Å². The molecule has 0 saturated carbocycles. The van der Waals surface area contributed by atoms with Crippen molar-refractivity contribution >= 4 is 23.5 Å². The van der Waals surface area contributed by atoms with E-state index in [0.29, 0.717) is 0 Å². The maximum atomic E-state index is 5.75. The molecule has 0 aliphatic carbocycles. The van der Waals surface area contributed by atoms with Gasteiger partial charge >= 0.3 is 0 Å². The number of para-hydroxylation sites is 1. The molecular formula is C11H14OS2. The van der Waals surface area contributed by atoms with Gasteiger partial charge in [0.2, 0.25) is 0 Å². The Bertz CT molecular complexity index is 281. The molecule has 0 bridgehead atoms. The van der Waals surface area contributed by atoms with E-state index >= 15 is 0 Å². The van der Waals surface area contributed by atoms with Gasteiger partial charge in [-0.2, -0.15) is 0 Å². The lowest BCUT2D eigenvalue weighted by Crippen LogP contribution is -2.21. The maximum Gasteiger partial charge on any atom is 0.119 e. The predicted molar refractivity (Wildman–Crippen MR) is 65.3 cm³/mol. The van der Waals surface area contributed by atoms with Crippen LogP contribution in [-0.4, -0.2) is 22.2 Å². The van der Waals surface area contributed by atoms with Crippen LogP contribution in [0.2, 0.25) is 0 Å². The van der Waals surface area contributed by atoms with E-state index in [1.807, 2.05) is 53.9 Å². The van der Waals surface area contributed by atoms with Gasteiger partial charge in [-0.3, -0.25) is 0 Å². The molecule has 0 aromatic heterocycles. The molecule has 1 nitrogen and oxygen atoms in total. The number of benzene rings is 1. The fourth-order valence-corrected chi connectivity index (χ4v) is 4.02. The van der Waals surface area contributed by atoms with E-state index in [2.05, 4.69) is 6.92 Å². The molecule has 1 heterocycles. The monoisotopic (exact) mass is 226 g/mol. The van der Waals surface area contributed by atoms with E-state index in [9.17, 15) is 0 Å². The van der Waals surface area contributed by atoms with Crippen molar-refractivity contribution < 1.29 is 4.74 Å². The highest BCUT2D eigenvalue weighted by atomic mass is 32.2. The molecule has 1 aliphatic rings. The van der Waals surface area contributed by atoms with Crippen molar-refractivity contribution in [3.8, 4) is 5.75 Å². The highest BCUT2D eigenvalue weighted by Gasteiger charge is 2.31. The second-order valence-electron chi connectivity index (χ2n) is 3.43. The number of rotatable bonds is 3. The largest absolute Gasteiger partial charge is 0.491 e. The van der Waals surface area contributed by atoms with Crippen molar-refractivity contribution in [3.63, 3.8) is 0 Å². The van der Waals surface area contributed by atoms with Crippen LogP contribution in [0.1, 0.15) is 6.92 Å². The Kier molecular flexibility index (Phi) is 3.29. The number of hydrogen-bond acceptors (Lipinski definition) is 3. The number of thioether (sulfide) groups is 2. The summed E-state index contributed by atoms with van der Waals surface area (Å²) in [5.74, 6) is 3.47. The van der Waals surface area contributed by atoms with Crippen molar-refractivity contribution in [2.75, 3.05) is 18.1 Å². The van der Waals surface area contributed by atoms with E-state index in [1.165, 1.54) is 11.5 Å².